The Labute approximate surface area is 194 Å². The molecule has 0 atom stereocenters. The lowest BCUT2D eigenvalue weighted by molar-refractivity contribution is 0.435. The molecule has 0 spiro atoms. The fraction of sp³-hybridized carbons (Fsp3) is 0.103. The van der Waals surface area contributed by atoms with Gasteiger partial charge in [0.05, 0.1) is 11.4 Å². The van der Waals surface area contributed by atoms with Crippen LogP contribution in [0.3, 0.4) is 0 Å². The van der Waals surface area contributed by atoms with Gasteiger partial charge in [0.15, 0.2) is 0 Å². The predicted molar refractivity (Wildman–Crippen MR) is 136 cm³/mol. The van der Waals surface area contributed by atoms with Crippen LogP contribution >= 0.6 is 0 Å². The van der Waals surface area contributed by atoms with Crippen LogP contribution in [0.2, 0.25) is 0 Å². The molecule has 0 aliphatic heterocycles. The molecule has 33 heavy (non-hydrogen) atoms. The summed E-state index contributed by atoms with van der Waals surface area (Å²) in [4.78, 5) is 8.93. The zero-order valence-corrected chi connectivity index (χ0v) is 18.7. The molecule has 0 heterocycles. The molecule has 164 valence electrons. The van der Waals surface area contributed by atoms with Crippen molar-refractivity contribution in [2.75, 3.05) is 0 Å². The van der Waals surface area contributed by atoms with Crippen LogP contribution in [0.1, 0.15) is 36.1 Å². The Kier molecular flexibility index (Phi) is 6.36. The first-order chi connectivity index (χ1) is 16.0. The number of phenols is 2. The Morgan fingerprint density at radius 1 is 0.545 bits per heavy atom. The lowest BCUT2D eigenvalue weighted by Crippen LogP contribution is -2.20. The molecular weight excluding hydrogens is 408 g/mol. The van der Waals surface area contributed by atoms with Crippen LogP contribution in [0.5, 0.6) is 11.5 Å². The topological polar surface area (TPSA) is 65.2 Å². The molecule has 0 saturated heterocycles. The second-order valence-corrected chi connectivity index (χ2v) is 8.30. The van der Waals surface area contributed by atoms with Crippen LogP contribution in [-0.4, -0.2) is 22.6 Å². The molecule has 0 aliphatic carbocycles. The maximum Gasteiger partial charge on any atom is 0.128 e. The second kappa shape index (κ2) is 9.53. The monoisotopic (exact) mass is 434 g/mol. The van der Waals surface area contributed by atoms with Gasteiger partial charge < -0.3 is 10.2 Å². The van der Waals surface area contributed by atoms with Crippen molar-refractivity contribution in [2.45, 2.75) is 19.3 Å². The largest absolute Gasteiger partial charge is 0.507 e. The molecule has 4 aromatic carbocycles. The summed E-state index contributed by atoms with van der Waals surface area (Å²) in [6.45, 7) is 3.96. The first-order valence-electron chi connectivity index (χ1n) is 10.8. The Bertz CT molecular complexity index is 1190. The number of aliphatic imine (C=N–C) groups is 2. The van der Waals surface area contributed by atoms with Crippen molar-refractivity contribution in [1.29, 1.82) is 0 Å². The van der Waals surface area contributed by atoms with Crippen molar-refractivity contribution < 1.29 is 10.2 Å². The maximum absolute atomic E-state index is 11.1. The third-order valence-corrected chi connectivity index (χ3v) is 5.70. The number of hydrogen-bond donors (Lipinski definition) is 2. The normalized spacial score (nSPS) is 11.9. The van der Waals surface area contributed by atoms with E-state index in [1.54, 1.807) is 12.4 Å². The van der Waals surface area contributed by atoms with Gasteiger partial charge in [-0.05, 0) is 36.4 Å². The summed E-state index contributed by atoms with van der Waals surface area (Å²) in [5.74, 6) is 0.287. The summed E-state index contributed by atoms with van der Waals surface area (Å²) in [6, 6.07) is 30.3. The number of phenolic OH excluding ortho intramolecular Hbond substituents is 2. The zero-order valence-electron chi connectivity index (χ0n) is 18.7. The smallest absolute Gasteiger partial charge is 0.128 e. The molecular formula is C29H26N2O2. The molecule has 0 aliphatic rings. The average Bonchev–Trinajstić information content (AvgIpc) is 2.84. The average molecular weight is 435 g/mol. The molecule has 4 rings (SSSR count). The van der Waals surface area contributed by atoms with Crippen LogP contribution in [0.15, 0.2) is 107 Å². The summed E-state index contributed by atoms with van der Waals surface area (Å²) >= 11 is 0. The van der Waals surface area contributed by atoms with E-state index in [2.05, 4.69) is 9.98 Å². The summed E-state index contributed by atoms with van der Waals surface area (Å²) in [6.07, 6.45) is 3.32. The Morgan fingerprint density at radius 2 is 0.939 bits per heavy atom. The van der Waals surface area contributed by atoms with E-state index >= 15 is 0 Å². The standard InChI is InChI=1S/C29H26N2O2/c1-29(2,25-17-9-11-21(27(25)32)19-30-23-13-5-3-6-14-23)26-18-10-12-22(28(26)33)20-31-24-15-7-4-8-16-24/h3-20,32-33H,1-2H3. The fourth-order valence-electron chi connectivity index (χ4n) is 3.80. The van der Waals surface area contributed by atoms with Gasteiger partial charge in [0.25, 0.3) is 0 Å². The minimum absolute atomic E-state index is 0.143. The van der Waals surface area contributed by atoms with Crippen molar-refractivity contribution in [3.05, 3.63) is 119 Å². The number of aromatic hydroxyl groups is 2. The first kappa shape index (κ1) is 22.0. The predicted octanol–water partition coefficient (Wildman–Crippen LogP) is 6.92. The van der Waals surface area contributed by atoms with Gasteiger partial charge in [0.2, 0.25) is 0 Å². The minimum atomic E-state index is -0.665. The number of nitrogens with zero attached hydrogens (tertiary/aromatic N) is 2. The van der Waals surface area contributed by atoms with Gasteiger partial charge in [-0.25, -0.2) is 0 Å². The first-order valence-corrected chi connectivity index (χ1v) is 10.8. The highest BCUT2D eigenvalue weighted by molar-refractivity contribution is 5.88. The molecule has 0 bridgehead atoms. The highest BCUT2D eigenvalue weighted by Gasteiger charge is 2.30. The fourth-order valence-corrected chi connectivity index (χ4v) is 3.80. The van der Waals surface area contributed by atoms with E-state index in [1.165, 1.54) is 0 Å². The number of hydrogen-bond acceptors (Lipinski definition) is 4. The number of rotatable bonds is 6. The lowest BCUT2D eigenvalue weighted by atomic mass is 9.76. The van der Waals surface area contributed by atoms with Crippen LogP contribution in [0.4, 0.5) is 11.4 Å². The highest BCUT2D eigenvalue weighted by atomic mass is 16.3. The third-order valence-electron chi connectivity index (χ3n) is 5.70. The highest BCUT2D eigenvalue weighted by Crippen LogP contribution is 2.42. The minimum Gasteiger partial charge on any atom is -0.507 e. The van der Waals surface area contributed by atoms with Gasteiger partial charge in [-0.3, -0.25) is 9.98 Å². The van der Waals surface area contributed by atoms with E-state index in [1.807, 2.05) is 111 Å². The Balaban J connectivity index is 1.69. The van der Waals surface area contributed by atoms with Gasteiger partial charge in [0, 0.05) is 40.1 Å². The lowest BCUT2D eigenvalue weighted by Gasteiger charge is -2.28. The molecule has 0 fully saturated rings. The van der Waals surface area contributed by atoms with Crippen molar-refractivity contribution >= 4 is 23.8 Å². The van der Waals surface area contributed by atoms with E-state index in [4.69, 9.17) is 0 Å². The molecule has 0 saturated carbocycles. The van der Waals surface area contributed by atoms with E-state index in [0.717, 1.165) is 11.4 Å². The Morgan fingerprint density at radius 3 is 1.33 bits per heavy atom. The maximum atomic E-state index is 11.1. The summed E-state index contributed by atoms with van der Waals surface area (Å²) in [7, 11) is 0. The molecule has 2 N–H and O–H groups in total. The molecule has 0 radical (unpaired) electrons. The van der Waals surface area contributed by atoms with Gasteiger partial charge in [-0.2, -0.15) is 0 Å². The van der Waals surface area contributed by atoms with Gasteiger partial charge in [-0.15, -0.1) is 0 Å². The van der Waals surface area contributed by atoms with E-state index in [-0.39, 0.29) is 11.5 Å². The SMILES string of the molecule is CC(C)(c1cccc(C=Nc2ccccc2)c1O)c1cccc(C=Nc2ccccc2)c1O. The molecule has 0 aromatic heterocycles. The molecule has 4 nitrogen and oxygen atoms in total. The van der Waals surface area contributed by atoms with Gasteiger partial charge in [0.1, 0.15) is 11.5 Å². The van der Waals surface area contributed by atoms with E-state index < -0.39 is 5.41 Å². The van der Waals surface area contributed by atoms with Gasteiger partial charge >= 0.3 is 0 Å². The quantitative estimate of drug-likeness (QED) is 0.323. The second-order valence-electron chi connectivity index (χ2n) is 8.30. The summed E-state index contributed by atoms with van der Waals surface area (Å²) in [5.41, 5.74) is 3.59. The van der Waals surface area contributed by atoms with Crippen molar-refractivity contribution in [3.63, 3.8) is 0 Å². The molecule has 4 aromatic rings. The third kappa shape index (κ3) is 4.85. The summed E-state index contributed by atoms with van der Waals surface area (Å²) < 4.78 is 0. The number of para-hydroxylation sites is 4. The zero-order chi connectivity index (χ0) is 23.3. The molecule has 0 amide bonds. The van der Waals surface area contributed by atoms with Crippen LogP contribution < -0.4 is 0 Å². The van der Waals surface area contributed by atoms with Crippen LogP contribution in [-0.2, 0) is 5.41 Å². The molecule has 0 unspecified atom stereocenters. The van der Waals surface area contributed by atoms with Crippen molar-refractivity contribution in [3.8, 4) is 11.5 Å². The van der Waals surface area contributed by atoms with Crippen molar-refractivity contribution in [1.82, 2.24) is 0 Å². The summed E-state index contributed by atoms with van der Waals surface area (Å²) in [5, 5.41) is 22.2. The van der Waals surface area contributed by atoms with Gasteiger partial charge in [-0.1, -0.05) is 74.5 Å². The number of benzene rings is 4. The van der Waals surface area contributed by atoms with E-state index in [0.29, 0.717) is 22.3 Å². The Hall–Kier alpha value is -4.18. The van der Waals surface area contributed by atoms with Crippen molar-refractivity contribution in [2.24, 2.45) is 9.98 Å². The molecule has 4 heteroatoms. The van der Waals surface area contributed by atoms with Crippen LogP contribution in [0, 0.1) is 0 Å². The van der Waals surface area contributed by atoms with Crippen LogP contribution in [0.25, 0.3) is 0 Å². The van der Waals surface area contributed by atoms with E-state index in [9.17, 15) is 10.2 Å².